The Morgan fingerprint density at radius 1 is 1.71 bits per heavy atom. The number of amides is 1. The van der Waals surface area contributed by atoms with E-state index < -0.39 is 0 Å². The largest absolute Gasteiger partial charge is 0.457 e. The van der Waals surface area contributed by atoms with Crippen molar-refractivity contribution < 1.29 is 13.9 Å². The molecule has 1 aromatic heterocycles. The van der Waals surface area contributed by atoms with Gasteiger partial charge < -0.3 is 14.1 Å². The number of likely N-dealkylation sites (tertiary alicyclic amines) is 1. The zero-order valence-corrected chi connectivity index (χ0v) is 11.4. The normalized spacial score (nSPS) is 20.6. The Morgan fingerprint density at radius 3 is 3.18 bits per heavy atom. The number of piperidine rings is 1. The van der Waals surface area contributed by atoms with E-state index in [0.29, 0.717) is 23.4 Å². The van der Waals surface area contributed by atoms with Crippen molar-refractivity contribution in [1.29, 1.82) is 0 Å². The molecule has 0 spiro atoms. The molecule has 2 heterocycles. The number of ether oxygens (including phenoxy) is 1. The molecule has 1 aliphatic rings. The van der Waals surface area contributed by atoms with Crippen LogP contribution < -0.4 is 0 Å². The number of carbonyl (C=O) groups is 1. The first-order valence-corrected chi connectivity index (χ1v) is 6.65. The lowest BCUT2D eigenvalue weighted by atomic mass is 10.1. The molecule has 0 bridgehead atoms. The maximum atomic E-state index is 12.2. The van der Waals surface area contributed by atoms with E-state index in [1.165, 1.54) is 6.26 Å². The molecular weight excluding hydrogens is 286 g/mol. The van der Waals surface area contributed by atoms with E-state index in [4.69, 9.17) is 9.15 Å². The van der Waals surface area contributed by atoms with Crippen LogP contribution in [0.4, 0.5) is 0 Å². The molecule has 94 valence electrons. The molecule has 0 aliphatic carbocycles. The van der Waals surface area contributed by atoms with Gasteiger partial charge in [-0.3, -0.25) is 4.79 Å². The highest BCUT2D eigenvalue weighted by Gasteiger charge is 2.26. The van der Waals surface area contributed by atoms with Crippen LogP contribution in [-0.2, 0) is 4.74 Å². The predicted molar refractivity (Wildman–Crippen MR) is 67.0 cm³/mol. The fraction of sp³-hybridized carbons (Fsp3) is 0.583. The summed E-state index contributed by atoms with van der Waals surface area (Å²) in [4.78, 5) is 14.0. The number of halogens is 1. The maximum absolute atomic E-state index is 12.2. The van der Waals surface area contributed by atoms with Gasteiger partial charge in [0.15, 0.2) is 4.67 Å². The first-order valence-electron chi connectivity index (χ1n) is 5.86. The summed E-state index contributed by atoms with van der Waals surface area (Å²) in [6, 6.07) is 1.69. The van der Waals surface area contributed by atoms with Gasteiger partial charge in [-0.1, -0.05) is 0 Å². The minimum absolute atomic E-state index is 0.00929. The number of carbonyl (C=O) groups excluding carboxylic acids is 1. The van der Waals surface area contributed by atoms with Crippen LogP contribution in [0.3, 0.4) is 0 Å². The Hall–Kier alpha value is -0.810. The van der Waals surface area contributed by atoms with E-state index in [1.54, 1.807) is 6.07 Å². The molecule has 1 unspecified atom stereocenters. The molecule has 4 nitrogen and oxygen atoms in total. The Balaban J connectivity index is 2.02. The third kappa shape index (κ3) is 2.90. The molecule has 1 amide bonds. The van der Waals surface area contributed by atoms with Gasteiger partial charge in [0.25, 0.3) is 5.91 Å². The Labute approximate surface area is 109 Å². The topological polar surface area (TPSA) is 42.7 Å². The second-order valence-electron chi connectivity index (χ2n) is 4.08. The summed E-state index contributed by atoms with van der Waals surface area (Å²) in [5.41, 5.74) is 0.585. The zero-order valence-electron chi connectivity index (χ0n) is 9.82. The minimum atomic E-state index is 0.00929. The van der Waals surface area contributed by atoms with Gasteiger partial charge in [-0.25, -0.2) is 0 Å². The molecule has 0 aromatic carbocycles. The second kappa shape index (κ2) is 5.69. The highest BCUT2D eigenvalue weighted by atomic mass is 79.9. The van der Waals surface area contributed by atoms with Crippen LogP contribution in [0.2, 0.25) is 0 Å². The third-order valence-corrected chi connectivity index (χ3v) is 3.53. The molecule has 5 heteroatoms. The lowest BCUT2D eigenvalue weighted by Gasteiger charge is -2.32. The average molecular weight is 302 g/mol. The smallest absolute Gasteiger partial charge is 0.258 e. The fourth-order valence-electron chi connectivity index (χ4n) is 2.11. The van der Waals surface area contributed by atoms with Gasteiger partial charge in [0.1, 0.15) is 0 Å². The Bertz CT molecular complexity index is 389. The molecule has 0 radical (unpaired) electrons. The summed E-state index contributed by atoms with van der Waals surface area (Å²) in [6.07, 6.45) is 3.71. The molecule has 1 fully saturated rings. The van der Waals surface area contributed by atoms with Crippen LogP contribution in [0.5, 0.6) is 0 Å². The van der Waals surface area contributed by atoms with Crippen LogP contribution in [-0.4, -0.2) is 36.6 Å². The van der Waals surface area contributed by atoms with E-state index in [9.17, 15) is 4.79 Å². The number of hydrogen-bond donors (Lipinski definition) is 0. The number of rotatable bonds is 3. The average Bonchev–Trinajstić information content (AvgIpc) is 2.75. The van der Waals surface area contributed by atoms with Crippen LogP contribution in [0.1, 0.15) is 30.1 Å². The molecule has 1 aromatic rings. The third-order valence-electron chi connectivity index (χ3n) is 2.92. The molecule has 1 aliphatic heterocycles. The van der Waals surface area contributed by atoms with Gasteiger partial charge >= 0.3 is 0 Å². The highest BCUT2D eigenvalue weighted by molar-refractivity contribution is 9.10. The lowest BCUT2D eigenvalue weighted by Crippen LogP contribution is -2.43. The first kappa shape index (κ1) is 12.6. The van der Waals surface area contributed by atoms with E-state index in [0.717, 1.165) is 19.4 Å². The molecule has 1 saturated heterocycles. The van der Waals surface area contributed by atoms with Crippen molar-refractivity contribution in [3.63, 3.8) is 0 Å². The van der Waals surface area contributed by atoms with Crippen LogP contribution in [0.15, 0.2) is 21.4 Å². The van der Waals surface area contributed by atoms with Crippen LogP contribution in [0.25, 0.3) is 0 Å². The summed E-state index contributed by atoms with van der Waals surface area (Å²) in [6.45, 7) is 4.14. The van der Waals surface area contributed by atoms with E-state index >= 15 is 0 Å². The zero-order chi connectivity index (χ0) is 12.3. The summed E-state index contributed by atoms with van der Waals surface area (Å²) < 4.78 is 11.2. The predicted octanol–water partition coefficient (Wildman–Crippen LogP) is 2.68. The molecule has 0 saturated carbocycles. The Kier molecular flexibility index (Phi) is 4.23. The van der Waals surface area contributed by atoms with Gasteiger partial charge in [0.2, 0.25) is 0 Å². The molecule has 2 rings (SSSR count). The first-order chi connectivity index (χ1) is 8.22. The summed E-state index contributed by atoms with van der Waals surface area (Å²) >= 11 is 3.23. The van der Waals surface area contributed by atoms with Crippen molar-refractivity contribution in [2.75, 3.05) is 19.7 Å². The van der Waals surface area contributed by atoms with Crippen molar-refractivity contribution in [3.8, 4) is 0 Å². The van der Waals surface area contributed by atoms with Crippen LogP contribution >= 0.6 is 15.9 Å². The molecule has 1 atom stereocenters. The van der Waals surface area contributed by atoms with Crippen molar-refractivity contribution in [3.05, 3.63) is 22.6 Å². The standard InChI is InChI=1S/C12H16BrNO3/c1-2-16-9-4-3-6-14(8-9)12(15)10-5-7-17-11(10)13/h5,7,9H,2-4,6,8H2,1H3. The van der Waals surface area contributed by atoms with Crippen LogP contribution in [0, 0.1) is 0 Å². The molecular formula is C12H16BrNO3. The quantitative estimate of drug-likeness (QED) is 0.862. The molecule has 0 N–H and O–H groups in total. The van der Waals surface area contributed by atoms with Crippen molar-refractivity contribution in [2.45, 2.75) is 25.9 Å². The number of nitrogens with zero attached hydrogens (tertiary/aromatic N) is 1. The lowest BCUT2D eigenvalue weighted by molar-refractivity contribution is 0.00717. The monoisotopic (exact) mass is 301 g/mol. The molecule has 17 heavy (non-hydrogen) atoms. The van der Waals surface area contributed by atoms with E-state index in [-0.39, 0.29) is 12.0 Å². The second-order valence-corrected chi connectivity index (χ2v) is 4.80. The number of hydrogen-bond acceptors (Lipinski definition) is 3. The van der Waals surface area contributed by atoms with Gasteiger partial charge in [-0.15, -0.1) is 0 Å². The van der Waals surface area contributed by atoms with Crippen molar-refractivity contribution in [2.24, 2.45) is 0 Å². The van der Waals surface area contributed by atoms with Gasteiger partial charge in [0.05, 0.1) is 17.9 Å². The van der Waals surface area contributed by atoms with E-state index in [1.807, 2.05) is 11.8 Å². The SMILES string of the molecule is CCOC1CCCN(C(=O)c2ccoc2Br)C1. The van der Waals surface area contributed by atoms with Crippen molar-refractivity contribution in [1.82, 2.24) is 4.90 Å². The fourth-order valence-corrected chi connectivity index (χ4v) is 2.52. The summed E-state index contributed by atoms with van der Waals surface area (Å²) in [5, 5.41) is 0. The highest BCUT2D eigenvalue weighted by Crippen LogP contribution is 2.22. The van der Waals surface area contributed by atoms with Gasteiger partial charge in [0, 0.05) is 19.7 Å². The summed E-state index contributed by atoms with van der Waals surface area (Å²) in [5.74, 6) is 0.00929. The Morgan fingerprint density at radius 2 is 2.53 bits per heavy atom. The van der Waals surface area contributed by atoms with Crippen molar-refractivity contribution >= 4 is 21.8 Å². The number of furan rings is 1. The van der Waals surface area contributed by atoms with E-state index in [2.05, 4.69) is 15.9 Å². The summed E-state index contributed by atoms with van der Waals surface area (Å²) in [7, 11) is 0. The van der Waals surface area contributed by atoms with Gasteiger partial charge in [-0.05, 0) is 41.8 Å². The minimum Gasteiger partial charge on any atom is -0.457 e. The maximum Gasteiger partial charge on any atom is 0.258 e. The van der Waals surface area contributed by atoms with Gasteiger partial charge in [-0.2, -0.15) is 0 Å².